The van der Waals surface area contributed by atoms with Gasteiger partial charge in [-0.2, -0.15) is 0 Å². The molecule has 1 aromatic carbocycles. The summed E-state index contributed by atoms with van der Waals surface area (Å²) >= 11 is 2.96. The third-order valence-corrected chi connectivity index (χ3v) is 7.80. The molecule has 7 nitrogen and oxygen atoms in total. The number of carbonyl (C=O) groups excluding carboxylic acids is 2. The first-order valence-electron chi connectivity index (χ1n) is 10.3. The number of fused-ring (bicyclic) bond motifs is 1. The second-order valence-electron chi connectivity index (χ2n) is 7.65. The van der Waals surface area contributed by atoms with Gasteiger partial charge in [0, 0.05) is 41.4 Å². The van der Waals surface area contributed by atoms with Gasteiger partial charge in [-0.3, -0.25) is 14.6 Å². The Kier molecular flexibility index (Phi) is 5.44. The molecule has 9 heteroatoms. The van der Waals surface area contributed by atoms with Crippen LogP contribution in [-0.4, -0.2) is 27.2 Å². The van der Waals surface area contributed by atoms with E-state index >= 15 is 0 Å². The van der Waals surface area contributed by atoms with E-state index in [-0.39, 0.29) is 11.3 Å². The topological polar surface area (TPSA) is 101 Å². The van der Waals surface area contributed by atoms with Crippen molar-refractivity contribution in [2.75, 3.05) is 10.2 Å². The summed E-state index contributed by atoms with van der Waals surface area (Å²) in [7, 11) is 0. The summed E-state index contributed by atoms with van der Waals surface area (Å²) in [5.74, 6) is -0.408. The van der Waals surface area contributed by atoms with Gasteiger partial charge < -0.3 is 16.0 Å². The zero-order chi connectivity index (χ0) is 22.2. The number of nitrogens with one attached hydrogen (secondary N) is 1. The van der Waals surface area contributed by atoms with Crippen molar-refractivity contribution in [2.24, 2.45) is 5.73 Å². The SMILES string of the molecule is CC1=C(C(N)=O)SC(Cc2ccccn2)N1c1nc(-c2cccc3c2NC(=O)CC3)cs1. The van der Waals surface area contributed by atoms with Crippen molar-refractivity contribution in [3.8, 4) is 11.3 Å². The molecule has 0 aliphatic carbocycles. The monoisotopic (exact) mass is 463 g/mol. The van der Waals surface area contributed by atoms with Gasteiger partial charge in [0.1, 0.15) is 0 Å². The van der Waals surface area contributed by atoms with E-state index in [2.05, 4.69) is 15.2 Å². The van der Waals surface area contributed by atoms with Crippen molar-refractivity contribution in [3.63, 3.8) is 0 Å². The van der Waals surface area contributed by atoms with Crippen LogP contribution in [0.3, 0.4) is 0 Å². The second-order valence-corrected chi connectivity index (χ2v) is 9.67. The smallest absolute Gasteiger partial charge is 0.256 e. The molecule has 3 N–H and O–H groups in total. The van der Waals surface area contributed by atoms with Gasteiger partial charge in [0.05, 0.1) is 21.7 Å². The van der Waals surface area contributed by atoms with Crippen LogP contribution in [-0.2, 0) is 22.4 Å². The molecule has 0 spiro atoms. The van der Waals surface area contributed by atoms with Gasteiger partial charge in [-0.25, -0.2) is 4.98 Å². The molecule has 0 fully saturated rings. The number of carbonyl (C=O) groups is 2. The number of pyridine rings is 1. The van der Waals surface area contributed by atoms with Gasteiger partial charge in [0.25, 0.3) is 5.91 Å². The fourth-order valence-corrected chi connectivity index (χ4v) is 6.32. The predicted molar refractivity (Wildman–Crippen MR) is 128 cm³/mol. The lowest BCUT2D eigenvalue weighted by atomic mass is 9.98. The van der Waals surface area contributed by atoms with Gasteiger partial charge in [-0.05, 0) is 31.0 Å². The van der Waals surface area contributed by atoms with Gasteiger partial charge >= 0.3 is 0 Å². The molecule has 5 rings (SSSR count). The molecule has 0 bridgehead atoms. The first kappa shape index (κ1) is 20.7. The van der Waals surface area contributed by atoms with Crippen LogP contribution in [0.1, 0.15) is 24.6 Å². The second kappa shape index (κ2) is 8.40. The van der Waals surface area contributed by atoms with Gasteiger partial charge in [0.15, 0.2) is 5.13 Å². The molecule has 4 heterocycles. The standard InChI is InChI=1S/C23H21N5O2S2/c1-13-21(22(24)30)32-19(11-15-6-2-3-10-25-15)28(13)23-26-17(12-31-23)16-7-4-5-14-8-9-18(29)27-20(14)16/h2-7,10,12,19H,8-9,11H2,1H3,(H2,24,30)(H,27,29). The minimum Gasteiger partial charge on any atom is -0.365 e. The van der Waals surface area contributed by atoms with E-state index in [1.807, 2.05) is 48.7 Å². The van der Waals surface area contributed by atoms with Gasteiger partial charge in [0.2, 0.25) is 5.91 Å². The lowest BCUT2D eigenvalue weighted by Gasteiger charge is -2.24. The third-order valence-electron chi connectivity index (χ3n) is 5.58. The van der Waals surface area contributed by atoms with E-state index in [0.29, 0.717) is 17.7 Å². The molecule has 162 valence electrons. The van der Waals surface area contributed by atoms with Crippen molar-refractivity contribution in [3.05, 3.63) is 69.8 Å². The molecule has 2 aliphatic rings. The highest BCUT2D eigenvalue weighted by atomic mass is 32.2. The van der Waals surface area contributed by atoms with E-state index < -0.39 is 5.91 Å². The number of amides is 2. The maximum Gasteiger partial charge on any atom is 0.256 e. The Morgan fingerprint density at radius 3 is 2.91 bits per heavy atom. The average molecular weight is 464 g/mol. The molecule has 1 unspecified atom stereocenters. The van der Waals surface area contributed by atoms with Crippen LogP contribution < -0.4 is 16.0 Å². The summed E-state index contributed by atoms with van der Waals surface area (Å²) < 4.78 is 0. The highest BCUT2D eigenvalue weighted by molar-refractivity contribution is 8.05. The summed E-state index contributed by atoms with van der Waals surface area (Å²) in [6, 6.07) is 11.8. The number of para-hydroxylation sites is 1. The highest BCUT2D eigenvalue weighted by Gasteiger charge is 2.36. The van der Waals surface area contributed by atoms with Crippen LogP contribution in [0.4, 0.5) is 10.8 Å². The van der Waals surface area contributed by atoms with E-state index in [0.717, 1.165) is 45.5 Å². The molecular weight excluding hydrogens is 442 g/mol. The minimum atomic E-state index is -0.433. The number of anilines is 2. The first-order chi connectivity index (χ1) is 15.5. The lowest BCUT2D eigenvalue weighted by Crippen LogP contribution is -2.29. The minimum absolute atomic E-state index is 0.0247. The Morgan fingerprint density at radius 1 is 1.25 bits per heavy atom. The number of hydrogen-bond acceptors (Lipinski definition) is 7. The summed E-state index contributed by atoms with van der Waals surface area (Å²) in [5, 5.41) is 5.70. The Balaban J connectivity index is 1.51. The Morgan fingerprint density at radius 2 is 2.12 bits per heavy atom. The maximum atomic E-state index is 12.0. The van der Waals surface area contributed by atoms with E-state index in [9.17, 15) is 9.59 Å². The number of benzene rings is 1. The van der Waals surface area contributed by atoms with E-state index in [1.165, 1.54) is 23.1 Å². The van der Waals surface area contributed by atoms with Gasteiger partial charge in [-0.1, -0.05) is 36.0 Å². The summed E-state index contributed by atoms with van der Waals surface area (Å²) in [5.41, 5.74) is 11.0. The van der Waals surface area contributed by atoms with Crippen LogP contribution in [0, 0.1) is 0 Å². The number of rotatable bonds is 5. The molecule has 0 radical (unpaired) electrons. The van der Waals surface area contributed by atoms with Crippen molar-refractivity contribution < 1.29 is 9.59 Å². The van der Waals surface area contributed by atoms with Crippen LogP contribution in [0.2, 0.25) is 0 Å². The molecule has 3 aromatic rings. The normalized spacial score (nSPS) is 18.0. The fraction of sp³-hybridized carbons (Fsp3) is 0.217. The predicted octanol–water partition coefficient (Wildman–Crippen LogP) is 3.93. The number of nitrogens with zero attached hydrogens (tertiary/aromatic N) is 3. The average Bonchev–Trinajstić information content (AvgIpc) is 3.38. The Bertz CT molecular complexity index is 1240. The maximum absolute atomic E-state index is 12.0. The van der Waals surface area contributed by atoms with Crippen LogP contribution in [0.15, 0.2) is 58.6 Å². The largest absolute Gasteiger partial charge is 0.365 e. The van der Waals surface area contributed by atoms with Gasteiger partial charge in [-0.15, -0.1) is 11.3 Å². The number of aromatic nitrogens is 2. The number of nitrogens with two attached hydrogens (primary N) is 1. The molecule has 2 amide bonds. The molecule has 0 saturated carbocycles. The van der Waals surface area contributed by atoms with E-state index in [1.54, 1.807) is 6.20 Å². The number of allylic oxidation sites excluding steroid dienone is 1. The summed E-state index contributed by atoms with van der Waals surface area (Å²) in [4.78, 5) is 36.0. The number of thiazole rings is 1. The zero-order valence-electron chi connectivity index (χ0n) is 17.4. The van der Waals surface area contributed by atoms with Crippen LogP contribution >= 0.6 is 23.1 Å². The molecule has 32 heavy (non-hydrogen) atoms. The number of aryl methyl sites for hydroxylation is 1. The zero-order valence-corrected chi connectivity index (χ0v) is 19.0. The summed E-state index contributed by atoms with van der Waals surface area (Å²) in [6.45, 7) is 1.90. The van der Waals surface area contributed by atoms with Crippen molar-refractivity contribution >= 4 is 45.7 Å². The van der Waals surface area contributed by atoms with Crippen molar-refractivity contribution in [1.82, 2.24) is 9.97 Å². The van der Waals surface area contributed by atoms with E-state index in [4.69, 9.17) is 10.7 Å². The molecule has 2 aliphatic heterocycles. The van der Waals surface area contributed by atoms with Crippen LogP contribution in [0.5, 0.6) is 0 Å². The molecule has 0 saturated heterocycles. The lowest BCUT2D eigenvalue weighted by molar-refractivity contribution is -0.116. The quantitative estimate of drug-likeness (QED) is 0.595. The van der Waals surface area contributed by atoms with Crippen LogP contribution in [0.25, 0.3) is 11.3 Å². The molecule has 2 aromatic heterocycles. The number of primary amides is 1. The Hall–Kier alpha value is -3.17. The molecular formula is C23H21N5O2S2. The third kappa shape index (κ3) is 3.78. The first-order valence-corrected chi connectivity index (χ1v) is 12.0. The fourth-order valence-electron chi connectivity index (χ4n) is 4.05. The summed E-state index contributed by atoms with van der Waals surface area (Å²) in [6.07, 6.45) is 3.64. The highest BCUT2D eigenvalue weighted by Crippen LogP contribution is 2.44. The number of thioether (sulfide) groups is 1. The Labute approximate surface area is 193 Å². The molecule has 1 atom stereocenters. The number of hydrogen-bond donors (Lipinski definition) is 2. The van der Waals surface area contributed by atoms with Crippen molar-refractivity contribution in [1.29, 1.82) is 0 Å². The van der Waals surface area contributed by atoms with Crippen molar-refractivity contribution in [2.45, 2.75) is 31.6 Å².